The molecule has 126 valence electrons. The summed E-state index contributed by atoms with van der Waals surface area (Å²) < 4.78 is 3.85. The Bertz CT molecular complexity index is 1200. The highest BCUT2D eigenvalue weighted by molar-refractivity contribution is 5.82. The van der Waals surface area contributed by atoms with E-state index in [4.69, 9.17) is 0 Å². The van der Waals surface area contributed by atoms with E-state index in [-0.39, 0.29) is 0 Å². The van der Waals surface area contributed by atoms with Gasteiger partial charge in [-0.3, -0.25) is 9.25 Å². The minimum Gasteiger partial charge on any atom is -0.299 e. The highest BCUT2D eigenvalue weighted by Crippen LogP contribution is 2.26. The Balaban J connectivity index is 1.64. The maximum Gasteiger partial charge on any atom is 0.204 e. The van der Waals surface area contributed by atoms with Crippen molar-refractivity contribution >= 4 is 11.0 Å². The molecular formula is C18H14N8. The van der Waals surface area contributed by atoms with E-state index in [2.05, 4.69) is 53.5 Å². The molecule has 0 saturated heterocycles. The summed E-state index contributed by atoms with van der Waals surface area (Å²) in [6, 6.07) is 14.2. The van der Waals surface area contributed by atoms with Gasteiger partial charge < -0.3 is 0 Å². The lowest BCUT2D eigenvalue weighted by Crippen LogP contribution is -1.93. The summed E-state index contributed by atoms with van der Waals surface area (Å²) in [4.78, 5) is 4.51. The zero-order chi connectivity index (χ0) is 17.5. The first-order chi connectivity index (χ1) is 12.8. The van der Waals surface area contributed by atoms with Gasteiger partial charge >= 0.3 is 0 Å². The van der Waals surface area contributed by atoms with Crippen LogP contribution in [0.15, 0.2) is 61.2 Å². The minimum absolute atomic E-state index is 0.559. The van der Waals surface area contributed by atoms with E-state index in [0.29, 0.717) is 5.82 Å². The molecule has 0 aliphatic carbocycles. The van der Waals surface area contributed by atoms with E-state index in [1.165, 1.54) is 0 Å². The van der Waals surface area contributed by atoms with E-state index in [1.54, 1.807) is 4.68 Å². The summed E-state index contributed by atoms with van der Waals surface area (Å²) >= 11 is 0. The summed E-state index contributed by atoms with van der Waals surface area (Å²) in [5, 5.41) is 18.5. The number of imidazole rings is 1. The molecule has 3 aromatic heterocycles. The molecule has 0 radical (unpaired) electrons. The topological polar surface area (TPSA) is 90.1 Å². The molecule has 2 aromatic carbocycles. The van der Waals surface area contributed by atoms with Crippen LogP contribution in [0.1, 0.15) is 0 Å². The number of fused-ring (bicyclic) bond motifs is 1. The molecule has 0 fully saturated rings. The first-order valence-corrected chi connectivity index (χ1v) is 8.08. The van der Waals surface area contributed by atoms with E-state index in [0.717, 1.165) is 33.4 Å². The maximum atomic E-state index is 4.51. The fraction of sp³-hybridized carbons (Fsp3) is 0.0556. The van der Waals surface area contributed by atoms with E-state index in [1.807, 2.05) is 50.0 Å². The molecule has 1 N–H and O–H groups in total. The molecular weight excluding hydrogens is 328 g/mol. The van der Waals surface area contributed by atoms with Crippen molar-refractivity contribution in [2.45, 2.75) is 0 Å². The van der Waals surface area contributed by atoms with Crippen molar-refractivity contribution in [3.8, 4) is 28.2 Å². The Kier molecular flexibility index (Phi) is 3.14. The van der Waals surface area contributed by atoms with Gasteiger partial charge in [0.2, 0.25) is 5.82 Å². The molecule has 5 aromatic rings. The fourth-order valence-corrected chi connectivity index (χ4v) is 3.04. The second-order valence-electron chi connectivity index (χ2n) is 6.01. The summed E-state index contributed by atoms with van der Waals surface area (Å²) in [5.74, 6) is 0.559. The Morgan fingerprint density at radius 2 is 1.96 bits per heavy atom. The summed E-state index contributed by atoms with van der Waals surface area (Å²) in [6.45, 7) is 0. The van der Waals surface area contributed by atoms with Crippen molar-refractivity contribution in [1.82, 2.24) is 40.0 Å². The fourth-order valence-electron chi connectivity index (χ4n) is 3.04. The lowest BCUT2D eigenvalue weighted by molar-refractivity contribution is 0.768. The number of rotatable bonds is 3. The number of hydrogen-bond acceptors (Lipinski definition) is 5. The summed E-state index contributed by atoms with van der Waals surface area (Å²) in [7, 11) is 1.91. The summed E-state index contributed by atoms with van der Waals surface area (Å²) in [6.07, 6.45) is 5.69. The molecule has 5 rings (SSSR count). The van der Waals surface area contributed by atoms with E-state index in [9.17, 15) is 0 Å². The van der Waals surface area contributed by atoms with Crippen molar-refractivity contribution in [2.24, 2.45) is 7.05 Å². The molecule has 0 aliphatic heterocycles. The van der Waals surface area contributed by atoms with E-state index < -0.39 is 0 Å². The molecule has 0 saturated carbocycles. The van der Waals surface area contributed by atoms with Gasteiger partial charge in [0, 0.05) is 30.1 Å². The highest BCUT2D eigenvalue weighted by atomic mass is 15.5. The molecule has 8 nitrogen and oxygen atoms in total. The lowest BCUT2D eigenvalue weighted by atomic mass is 10.1. The SMILES string of the molecule is Cn1cc(-c2cccc(-n3cnc4ccc(-c5nn[nH]n5)cc43)c2)cn1. The van der Waals surface area contributed by atoms with Crippen LogP contribution < -0.4 is 0 Å². The lowest BCUT2D eigenvalue weighted by Gasteiger charge is -2.07. The third kappa shape index (κ3) is 2.35. The third-order valence-electron chi connectivity index (χ3n) is 4.31. The average Bonchev–Trinajstić information content (AvgIpc) is 3.42. The van der Waals surface area contributed by atoms with Gasteiger partial charge in [-0.1, -0.05) is 12.1 Å². The van der Waals surface area contributed by atoms with Crippen molar-refractivity contribution < 1.29 is 0 Å². The van der Waals surface area contributed by atoms with Crippen LogP contribution in [0.2, 0.25) is 0 Å². The second kappa shape index (κ2) is 5.62. The van der Waals surface area contributed by atoms with E-state index >= 15 is 0 Å². The highest BCUT2D eigenvalue weighted by Gasteiger charge is 2.10. The van der Waals surface area contributed by atoms with Crippen LogP contribution in [-0.4, -0.2) is 40.0 Å². The maximum absolute atomic E-state index is 4.51. The number of hydrogen-bond donors (Lipinski definition) is 1. The number of H-pyrrole nitrogens is 1. The van der Waals surface area contributed by atoms with Crippen LogP contribution in [0.5, 0.6) is 0 Å². The van der Waals surface area contributed by atoms with Crippen LogP contribution in [0.25, 0.3) is 39.2 Å². The average molecular weight is 342 g/mol. The number of nitrogens with zero attached hydrogens (tertiary/aromatic N) is 7. The van der Waals surface area contributed by atoms with Gasteiger partial charge in [0.1, 0.15) is 6.33 Å². The number of aryl methyl sites for hydroxylation is 1. The Morgan fingerprint density at radius 1 is 1.00 bits per heavy atom. The van der Waals surface area contributed by atoms with Crippen molar-refractivity contribution in [1.29, 1.82) is 0 Å². The molecule has 3 heterocycles. The van der Waals surface area contributed by atoms with Crippen LogP contribution in [0, 0.1) is 0 Å². The molecule has 0 aliphatic rings. The zero-order valence-electron chi connectivity index (χ0n) is 13.9. The Morgan fingerprint density at radius 3 is 2.77 bits per heavy atom. The standard InChI is InChI=1S/C18H14N8/c1-25-10-14(9-20-25)12-3-2-4-15(7-12)26-11-19-16-6-5-13(8-17(16)26)18-21-23-24-22-18/h2-11H,1H3,(H,21,22,23,24). The first kappa shape index (κ1) is 14.5. The number of aromatic nitrogens is 8. The predicted octanol–water partition coefficient (Wildman–Crippen LogP) is 2.61. The molecule has 8 heteroatoms. The van der Waals surface area contributed by atoms with Gasteiger partial charge in [-0.05, 0) is 41.1 Å². The van der Waals surface area contributed by atoms with Gasteiger partial charge in [0.25, 0.3) is 0 Å². The normalized spacial score (nSPS) is 11.3. The van der Waals surface area contributed by atoms with Gasteiger partial charge in [0.15, 0.2) is 0 Å². The largest absolute Gasteiger partial charge is 0.299 e. The van der Waals surface area contributed by atoms with Crippen molar-refractivity contribution in [2.75, 3.05) is 0 Å². The number of tetrazole rings is 1. The monoisotopic (exact) mass is 342 g/mol. The number of benzene rings is 2. The van der Waals surface area contributed by atoms with Gasteiger partial charge in [-0.2, -0.15) is 10.3 Å². The molecule has 0 spiro atoms. The number of nitrogens with one attached hydrogen (secondary N) is 1. The Labute approximate surface area is 148 Å². The molecule has 0 bridgehead atoms. The zero-order valence-corrected chi connectivity index (χ0v) is 13.9. The van der Waals surface area contributed by atoms with Crippen LogP contribution in [0.3, 0.4) is 0 Å². The van der Waals surface area contributed by atoms with Crippen molar-refractivity contribution in [3.63, 3.8) is 0 Å². The van der Waals surface area contributed by atoms with Gasteiger partial charge in [0.05, 0.1) is 17.2 Å². The molecule has 0 unspecified atom stereocenters. The smallest absolute Gasteiger partial charge is 0.204 e. The molecule has 0 atom stereocenters. The number of aromatic amines is 1. The Hall–Kier alpha value is -3.81. The minimum atomic E-state index is 0.559. The predicted molar refractivity (Wildman–Crippen MR) is 96.4 cm³/mol. The molecule has 0 amide bonds. The van der Waals surface area contributed by atoms with Crippen LogP contribution in [0.4, 0.5) is 0 Å². The van der Waals surface area contributed by atoms with Gasteiger partial charge in [-0.25, -0.2) is 4.98 Å². The molecule has 26 heavy (non-hydrogen) atoms. The summed E-state index contributed by atoms with van der Waals surface area (Å²) in [5.41, 5.74) is 5.98. The van der Waals surface area contributed by atoms with Gasteiger partial charge in [-0.15, -0.1) is 10.2 Å². The van der Waals surface area contributed by atoms with Crippen molar-refractivity contribution in [3.05, 3.63) is 61.2 Å². The quantitative estimate of drug-likeness (QED) is 0.544. The van der Waals surface area contributed by atoms with Crippen LogP contribution in [-0.2, 0) is 7.05 Å². The van der Waals surface area contributed by atoms with Crippen LogP contribution >= 0.6 is 0 Å². The first-order valence-electron chi connectivity index (χ1n) is 8.08. The third-order valence-corrected chi connectivity index (χ3v) is 4.31. The second-order valence-corrected chi connectivity index (χ2v) is 6.01.